The van der Waals surface area contributed by atoms with Gasteiger partial charge in [0.15, 0.2) is 0 Å². The molecule has 0 aliphatic carbocycles. The summed E-state index contributed by atoms with van der Waals surface area (Å²) >= 11 is 0. The number of fused-ring (bicyclic) bond motifs is 1. The highest BCUT2D eigenvalue weighted by atomic mass is 16.5. The van der Waals surface area contributed by atoms with Crippen LogP contribution in [-0.4, -0.2) is 56.9 Å². The highest BCUT2D eigenvalue weighted by Crippen LogP contribution is 2.28. The number of carbonyl (C=O) groups excluding carboxylic acids is 1. The smallest absolute Gasteiger partial charge is 0.317 e. The number of ether oxygens (including phenoxy) is 1. The molecule has 2 atom stereocenters. The van der Waals surface area contributed by atoms with E-state index in [-0.39, 0.29) is 6.03 Å². The fourth-order valence-corrected chi connectivity index (χ4v) is 2.68. The number of urea groups is 1. The number of amides is 2. The fourth-order valence-electron chi connectivity index (χ4n) is 2.68. The van der Waals surface area contributed by atoms with Crippen molar-refractivity contribution < 1.29 is 9.53 Å². The van der Waals surface area contributed by atoms with E-state index < -0.39 is 0 Å². The second kappa shape index (κ2) is 5.50. The summed E-state index contributed by atoms with van der Waals surface area (Å²) in [5.41, 5.74) is 0. The van der Waals surface area contributed by atoms with Gasteiger partial charge in [-0.25, -0.2) is 4.79 Å². The van der Waals surface area contributed by atoms with Gasteiger partial charge in [0.05, 0.1) is 6.61 Å². The zero-order valence-corrected chi connectivity index (χ0v) is 9.87. The van der Waals surface area contributed by atoms with Gasteiger partial charge < -0.3 is 20.3 Å². The Labute approximate surface area is 96.5 Å². The minimum absolute atomic E-state index is 0.0632. The molecule has 2 aliphatic heterocycles. The van der Waals surface area contributed by atoms with Crippen LogP contribution in [0.25, 0.3) is 0 Å². The molecule has 0 aromatic rings. The van der Waals surface area contributed by atoms with Gasteiger partial charge in [-0.05, 0) is 25.3 Å². The van der Waals surface area contributed by atoms with Gasteiger partial charge in [0.2, 0.25) is 0 Å². The third-order valence-corrected chi connectivity index (χ3v) is 3.57. The second-order valence-electron chi connectivity index (χ2n) is 4.53. The molecule has 16 heavy (non-hydrogen) atoms. The molecule has 0 unspecified atom stereocenters. The second-order valence-corrected chi connectivity index (χ2v) is 4.53. The van der Waals surface area contributed by atoms with Crippen LogP contribution in [0.3, 0.4) is 0 Å². The molecule has 2 fully saturated rings. The van der Waals surface area contributed by atoms with E-state index in [1.54, 1.807) is 7.11 Å². The predicted octanol–water partition coefficient (Wildman–Crippen LogP) is 0.0262. The Bertz CT molecular complexity index is 247. The largest absolute Gasteiger partial charge is 0.383 e. The van der Waals surface area contributed by atoms with Crippen molar-refractivity contribution in [3.05, 3.63) is 0 Å². The summed E-state index contributed by atoms with van der Waals surface area (Å²) in [4.78, 5) is 13.9. The standard InChI is InChI=1S/C11H21N3O2/c1-16-7-5-13-11(15)14-6-3-9-2-4-12-8-10(9)14/h9-10,12H,2-8H2,1H3,(H,13,15)/t9-,10-/m1/s1. The molecule has 2 aliphatic rings. The molecule has 5 heteroatoms. The van der Waals surface area contributed by atoms with Crippen molar-refractivity contribution in [1.29, 1.82) is 0 Å². The summed E-state index contributed by atoms with van der Waals surface area (Å²) < 4.78 is 4.92. The fraction of sp³-hybridized carbons (Fsp3) is 0.909. The third kappa shape index (κ3) is 2.47. The molecule has 5 nitrogen and oxygen atoms in total. The molecule has 0 radical (unpaired) electrons. The van der Waals surface area contributed by atoms with Crippen LogP contribution in [0.15, 0.2) is 0 Å². The van der Waals surface area contributed by atoms with E-state index >= 15 is 0 Å². The summed E-state index contributed by atoms with van der Waals surface area (Å²) in [5, 5.41) is 6.25. The number of methoxy groups -OCH3 is 1. The molecule has 2 heterocycles. The van der Waals surface area contributed by atoms with Crippen LogP contribution >= 0.6 is 0 Å². The van der Waals surface area contributed by atoms with Crippen molar-refractivity contribution in [2.75, 3.05) is 39.9 Å². The minimum atomic E-state index is 0.0632. The van der Waals surface area contributed by atoms with Gasteiger partial charge in [0, 0.05) is 32.8 Å². The Morgan fingerprint density at radius 3 is 3.25 bits per heavy atom. The van der Waals surface area contributed by atoms with Crippen molar-refractivity contribution in [2.24, 2.45) is 5.92 Å². The normalized spacial score (nSPS) is 28.9. The summed E-state index contributed by atoms with van der Waals surface area (Å²) in [5.74, 6) is 0.703. The van der Waals surface area contributed by atoms with Crippen molar-refractivity contribution in [2.45, 2.75) is 18.9 Å². The van der Waals surface area contributed by atoms with Crippen LogP contribution < -0.4 is 10.6 Å². The molecule has 2 N–H and O–H groups in total. The van der Waals surface area contributed by atoms with E-state index in [4.69, 9.17) is 4.74 Å². The number of likely N-dealkylation sites (tertiary alicyclic amines) is 1. The van der Waals surface area contributed by atoms with Gasteiger partial charge in [-0.2, -0.15) is 0 Å². The van der Waals surface area contributed by atoms with E-state index in [0.29, 0.717) is 25.1 Å². The van der Waals surface area contributed by atoms with Gasteiger partial charge in [0.25, 0.3) is 0 Å². The van der Waals surface area contributed by atoms with Crippen LogP contribution in [0.5, 0.6) is 0 Å². The van der Waals surface area contributed by atoms with E-state index in [1.165, 1.54) is 6.42 Å². The molecule has 0 saturated carbocycles. The van der Waals surface area contributed by atoms with E-state index in [2.05, 4.69) is 10.6 Å². The van der Waals surface area contributed by atoms with Crippen LogP contribution in [0, 0.1) is 5.92 Å². The Morgan fingerprint density at radius 2 is 2.44 bits per heavy atom. The zero-order chi connectivity index (χ0) is 11.4. The first-order valence-electron chi connectivity index (χ1n) is 6.07. The first-order chi connectivity index (χ1) is 7.83. The summed E-state index contributed by atoms with van der Waals surface area (Å²) in [7, 11) is 1.64. The topological polar surface area (TPSA) is 53.6 Å². The zero-order valence-electron chi connectivity index (χ0n) is 9.87. The van der Waals surface area contributed by atoms with Crippen LogP contribution in [0.2, 0.25) is 0 Å². The molecular formula is C11H21N3O2. The lowest BCUT2D eigenvalue weighted by Crippen LogP contribution is -2.51. The average molecular weight is 227 g/mol. The van der Waals surface area contributed by atoms with Gasteiger partial charge in [-0.3, -0.25) is 0 Å². The van der Waals surface area contributed by atoms with Crippen LogP contribution in [0.4, 0.5) is 4.79 Å². The Kier molecular flexibility index (Phi) is 4.01. The monoisotopic (exact) mass is 227 g/mol. The van der Waals surface area contributed by atoms with E-state index in [1.807, 2.05) is 4.90 Å². The number of nitrogens with zero attached hydrogens (tertiary/aromatic N) is 1. The average Bonchev–Trinajstić information content (AvgIpc) is 2.73. The predicted molar refractivity (Wildman–Crippen MR) is 61.4 cm³/mol. The molecular weight excluding hydrogens is 206 g/mol. The van der Waals surface area contributed by atoms with E-state index in [9.17, 15) is 4.79 Å². The van der Waals surface area contributed by atoms with Gasteiger partial charge in [0.1, 0.15) is 0 Å². The number of rotatable bonds is 3. The van der Waals surface area contributed by atoms with Crippen LogP contribution in [-0.2, 0) is 4.74 Å². The van der Waals surface area contributed by atoms with Crippen molar-refractivity contribution in [3.8, 4) is 0 Å². The maximum atomic E-state index is 11.9. The first kappa shape index (κ1) is 11.7. The lowest BCUT2D eigenvalue weighted by atomic mass is 9.93. The summed E-state index contributed by atoms with van der Waals surface area (Å²) in [6.07, 6.45) is 2.36. The molecule has 0 bridgehead atoms. The molecule has 2 rings (SSSR count). The Morgan fingerprint density at radius 1 is 1.56 bits per heavy atom. The Balaban J connectivity index is 1.82. The lowest BCUT2D eigenvalue weighted by molar-refractivity contribution is 0.165. The maximum Gasteiger partial charge on any atom is 0.317 e. The number of hydrogen-bond donors (Lipinski definition) is 2. The highest BCUT2D eigenvalue weighted by molar-refractivity contribution is 5.75. The van der Waals surface area contributed by atoms with Gasteiger partial charge >= 0.3 is 6.03 Å². The molecule has 2 saturated heterocycles. The van der Waals surface area contributed by atoms with E-state index in [0.717, 1.165) is 26.1 Å². The molecule has 92 valence electrons. The van der Waals surface area contributed by atoms with Gasteiger partial charge in [-0.15, -0.1) is 0 Å². The number of piperidine rings is 1. The molecule has 0 aromatic carbocycles. The maximum absolute atomic E-state index is 11.9. The number of nitrogens with one attached hydrogen (secondary N) is 2. The molecule has 0 spiro atoms. The third-order valence-electron chi connectivity index (χ3n) is 3.57. The quantitative estimate of drug-likeness (QED) is 0.669. The van der Waals surface area contributed by atoms with Crippen molar-refractivity contribution in [3.63, 3.8) is 0 Å². The molecule has 0 aromatic heterocycles. The summed E-state index contributed by atoms with van der Waals surface area (Å²) in [6.45, 7) is 4.11. The summed E-state index contributed by atoms with van der Waals surface area (Å²) in [6, 6.07) is 0.463. The lowest BCUT2D eigenvalue weighted by Gasteiger charge is -2.32. The molecule has 2 amide bonds. The SMILES string of the molecule is COCCNC(=O)N1CC[C@H]2CCNC[C@H]21. The van der Waals surface area contributed by atoms with Crippen LogP contribution in [0.1, 0.15) is 12.8 Å². The van der Waals surface area contributed by atoms with Crippen molar-refractivity contribution in [1.82, 2.24) is 15.5 Å². The minimum Gasteiger partial charge on any atom is -0.383 e. The van der Waals surface area contributed by atoms with Crippen molar-refractivity contribution >= 4 is 6.03 Å². The van der Waals surface area contributed by atoms with Gasteiger partial charge in [-0.1, -0.05) is 0 Å². The highest BCUT2D eigenvalue weighted by Gasteiger charge is 2.37. The Hall–Kier alpha value is -0.810. The number of carbonyl (C=O) groups is 1. The number of hydrogen-bond acceptors (Lipinski definition) is 3. The first-order valence-corrected chi connectivity index (χ1v) is 6.07.